The Morgan fingerprint density at radius 3 is 1.36 bits per heavy atom. The van der Waals surface area contributed by atoms with Crippen LogP contribution in [-0.2, 0) is 28.4 Å². The largest absolute Gasteiger partial charge is 0.394 e. The monoisotopic (exact) mass is 574 g/mol. The SMILES string of the molecule is COCC1OC(COCC2C(CO)OC(COCC3C(CO)OC(O)C(O)C3O)C(O)C2O)C(O)C(O)C1O. The van der Waals surface area contributed by atoms with Crippen LogP contribution in [0.1, 0.15) is 0 Å². The number of aliphatic hydroxyl groups is 10. The summed E-state index contributed by atoms with van der Waals surface area (Å²) in [6.45, 7) is -2.12. The van der Waals surface area contributed by atoms with E-state index in [9.17, 15) is 51.1 Å². The molecule has 0 radical (unpaired) electrons. The average Bonchev–Trinajstić information content (AvgIpc) is 2.92. The molecule has 0 aliphatic carbocycles. The molecule has 0 saturated carbocycles. The van der Waals surface area contributed by atoms with Crippen molar-refractivity contribution in [3.05, 3.63) is 0 Å². The zero-order chi connectivity index (χ0) is 28.9. The zero-order valence-corrected chi connectivity index (χ0v) is 21.5. The molecule has 3 rings (SSSR count). The van der Waals surface area contributed by atoms with Gasteiger partial charge in [0.05, 0.1) is 70.7 Å². The van der Waals surface area contributed by atoms with Gasteiger partial charge < -0.3 is 79.5 Å². The van der Waals surface area contributed by atoms with E-state index in [1.807, 2.05) is 0 Å². The van der Waals surface area contributed by atoms with Crippen molar-refractivity contribution in [2.45, 2.75) is 79.5 Å². The Morgan fingerprint density at radius 1 is 0.462 bits per heavy atom. The number of ether oxygens (including phenoxy) is 6. The van der Waals surface area contributed by atoms with Crippen molar-refractivity contribution in [1.82, 2.24) is 0 Å². The molecule has 0 amide bonds. The lowest BCUT2D eigenvalue weighted by Gasteiger charge is -2.43. The molecule has 15 unspecified atom stereocenters. The first-order chi connectivity index (χ1) is 18.5. The summed E-state index contributed by atoms with van der Waals surface area (Å²) < 4.78 is 32.4. The van der Waals surface area contributed by atoms with Crippen LogP contribution in [0.15, 0.2) is 0 Å². The van der Waals surface area contributed by atoms with Gasteiger partial charge in [0.1, 0.15) is 48.8 Å². The predicted molar refractivity (Wildman–Crippen MR) is 125 cm³/mol. The molecule has 3 fully saturated rings. The van der Waals surface area contributed by atoms with E-state index in [0.717, 1.165) is 0 Å². The summed E-state index contributed by atoms with van der Waals surface area (Å²) in [7, 11) is 1.39. The second kappa shape index (κ2) is 15.0. The maximum Gasteiger partial charge on any atom is 0.183 e. The van der Waals surface area contributed by atoms with Crippen LogP contribution in [0.2, 0.25) is 0 Å². The second-order valence-corrected chi connectivity index (χ2v) is 10.1. The fourth-order valence-corrected chi connectivity index (χ4v) is 5.12. The van der Waals surface area contributed by atoms with Crippen LogP contribution in [0.5, 0.6) is 0 Å². The molecule has 16 heteroatoms. The number of aliphatic hydroxyl groups excluding tert-OH is 10. The van der Waals surface area contributed by atoms with Gasteiger partial charge in [0, 0.05) is 18.9 Å². The van der Waals surface area contributed by atoms with E-state index in [1.54, 1.807) is 0 Å². The first kappa shape index (κ1) is 32.9. The van der Waals surface area contributed by atoms with Gasteiger partial charge >= 0.3 is 0 Å². The molecule has 16 nitrogen and oxygen atoms in total. The lowest BCUT2D eigenvalue weighted by atomic mass is 9.87. The lowest BCUT2D eigenvalue weighted by molar-refractivity contribution is -0.282. The molecule has 3 saturated heterocycles. The Hall–Kier alpha value is -0.640. The molecule has 3 aliphatic heterocycles. The van der Waals surface area contributed by atoms with Crippen molar-refractivity contribution < 1.29 is 79.5 Å². The van der Waals surface area contributed by atoms with Crippen LogP contribution in [0, 0.1) is 11.8 Å². The third-order valence-corrected chi connectivity index (χ3v) is 7.56. The van der Waals surface area contributed by atoms with Gasteiger partial charge in [-0.25, -0.2) is 0 Å². The molecule has 3 heterocycles. The Bertz CT molecular complexity index is 714. The summed E-state index contributed by atoms with van der Waals surface area (Å²) in [5.74, 6) is -1.80. The summed E-state index contributed by atoms with van der Waals surface area (Å²) in [5, 5.41) is 101. The third-order valence-electron chi connectivity index (χ3n) is 7.56. The van der Waals surface area contributed by atoms with E-state index in [2.05, 4.69) is 0 Å². The summed E-state index contributed by atoms with van der Waals surface area (Å²) in [5.41, 5.74) is 0. The summed E-state index contributed by atoms with van der Waals surface area (Å²) in [6, 6.07) is 0. The van der Waals surface area contributed by atoms with Crippen molar-refractivity contribution in [1.29, 1.82) is 0 Å². The van der Waals surface area contributed by atoms with E-state index in [0.29, 0.717) is 0 Å². The van der Waals surface area contributed by atoms with Gasteiger partial charge in [-0.3, -0.25) is 0 Å². The number of hydrogen-bond acceptors (Lipinski definition) is 16. The van der Waals surface area contributed by atoms with Crippen molar-refractivity contribution in [2.75, 3.05) is 53.4 Å². The molecule has 0 bridgehead atoms. The summed E-state index contributed by atoms with van der Waals surface area (Å²) >= 11 is 0. The molecule has 3 aliphatic rings. The molecule has 15 atom stereocenters. The molecular weight excluding hydrogens is 532 g/mol. The van der Waals surface area contributed by atoms with E-state index >= 15 is 0 Å². The van der Waals surface area contributed by atoms with Crippen LogP contribution in [-0.4, -0.2) is 184 Å². The van der Waals surface area contributed by atoms with Crippen LogP contribution in [0.4, 0.5) is 0 Å². The first-order valence-corrected chi connectivity index (χ1v) is 12.8. The van der Waals surface area contributed by atoms with Gasteiger partial charge in [0.25, 0.3) is 0 Å². The molecule has 0 aromatic carbocycles. The highest BCUT2D eigenvalue weighted by atomic mass is 16.6. The number of rotatable bonds is 12. The Kier molecular flexibility index (Phi) is 12.7. The maximum atomic E-state index is 10.7. The van der Waals surface area contributed by atoms with Crippen LogP contribution >= 0.6 is 0 Å². The Balaban J connectivity index is 1.51. The quantitative estimate of drug-likeness (QED) is 0.104. The summed E-state index contributed by atoms with van der Waals surface area (Å²) in [4.78, 5) is 0. The molecule has 0 aromatic rings. The highest BCUT2D eigenvalue weighted by molar-refractivity contribution is 4.94. The van der Waals surface area contributed by atoms with Crippen molar-refractivity contribution in [3.8, 4) is 0 Å². The minimum atomic E-state index is -1.67. The van der Waals surface area contributed by atoms with Gasteiger partial charge in [-0.2, -0.15) is 0 Å². The molecule has 230 valence electrons. The van der Waals surface area contributed by atoms with E-state index in [1.165, 1.54) is 7.11 Å². The van der Waals surface area contributed by atoms with Crippen molar-refractivity contribution in [3.63, 3.8) is 0 Å². The van der Waals surface area contributed by atoms with Crippen LogP contribution in [0.25, 0.3) is 0 Å². The minimum absolute atomic E-state index is 0.0329. The fraction of sp³-hybridized carbons (Fsp3) is 1.00. The van der Waals surface area contributed by atoms with Crippen molar-refractivity contribution >= 4 is 0 Å². The van der Waals surface area contributed by atoms with Gasteiger partial charge in [0.15, 0.2) is 6.29 Å². The predicted octanol–water partition coefficient (Wildman–Crippen LogP) is -6.34. The maximum absolute atomic E-state index is 10.7. The molecular formula is C23H42O16. The topological polar surface area (TPSA) is 258 Å². The van der Waals surface area contributed by atoms with Crippen LogP contribution < -0.4 is 0 Å². The average molecular weight is 575 g/mol. The fourth-order valence-electron chi connectivity index (χ4n) is 5.12. The van der Waals surface area contributed by atoms with Crippen molar-refractivity contribution in [2.24, 2.45) is 11.8 Å². The smallest absolute Gasteiger partial charge is 0.183 e. The molecule has 0 spiro atoms. The second-order valence-electron chi connectivity index (χ2n) is 10.1. The third kappa shape index (κ3) is 7.61. The van der Waals surface area contributed by atoms with E-state index in [4.69, 9.17) is 28.4 Å². The zero-order valence-electron chi connectivity index (χ0n) is 21.5. The summed E-state index contributed by atoms with van der Waals surface area (Å²) in [6.07, 6.45) is -16.9. The van der Waals surface area contributed by atoms with Gasteiger partial charge in [-0.05, 0) is 0 Å². The van der Waals surface area contributed by atoms with Gasteiger partial charge in [-0.15, -0.1) is 0 Å². The van der Waals surface area contributed by atoms with E-state index in [-0.39, 0.29) is 33.0 Å². The van der Waals surface area contributed by atoms with E-state index < -0.39 is 105 Å². The highest BCUT2D eigenvalue weighted by Crippen LogP contribution is 2.29. The normalized spacial score (nSPS) is 47.3. The minimum Gasteiger partial charge on any atom is -0.394 e. The number of methoxy groups -OCH3 is 1. The van der Waals surface area contributed by atoms with Crippen LogP contribution in [0.3, 0.4) is 0 Å². The first-order valence-electron chi connectivity index (χ1n) is 12.8. The highest BCUT2D eigenvalue weighted by Gasteiger charge is 2.47. The molecule has 39 heavy (non-hydrogen) atoms. The van der Waals surface area contributed by atoms with Gasteiger partial charge in [-0.1, -0.05) is 0 Å². The van der Waals surface area contributed by atoms with Gasteiger partial charge in [0.2, 0.25) is 0 Å². The number of hydrogen-bond donors (Lipinski definition) is 10. The Morgan fingerprint density at radius 2 is 0.872 bits per heavy atom. The standard InChI is InChI=1S/C23H42O16/c1-34-6-13-19(29)21(31)20(30)15(38-13)8-35-4-9-11(2-24)37-14(18(28)16(9)26)7-36-5-10-12(3-25)39-23(33)22(32)17(10)27/h9-33H,2-8H2,1H3. The molecule has 10 N–H and O–H groups in total. The molecule has 0 aromatic heterocycles. The Labute approximate surface area is 224 Å². The lowest BCUT2D eigenvalue weighted by Crippen LogP contribution is -2.60.